The minimum Gasteiger partial charge on any atom is -0.462 e. The van der Waals surface area contributed by atoms with Gasteiger partial charge < -0.3 is 14.6 Å². The Morgan fingerprint density at radius 2 is 1.38 bits per heavy atom. The summed E-state index contributed by atoms with van der Waals surface area (Å²) >= 11 is 0. The normalized spacial score (nSPS) is 11.0. The average Bonchev–Trinajstić information content (AvgIpc) is 2.11. The van der Waals surface area contributed by atoms with Gasteiger partial charge in [-0.3, -0.25) is 9.59 Å². The van der Waals surface area contributed by atoms with Gasteiger partial charge in [0, 0.05) is 6.61 Å². The fourth-order valence-corrected chi connectivity index (χ4v) is 1.09. The van der Waals surface area contributed by atoms with Crippen LogP contribution >= 0.6 is 0 Å². The van der Waals surface area contributed by atoms with E-state index in [9.17, 15) is 9.59 Å². The van der Waals surface area contributed by atoms with E-state index in [2.05, 4.69) is 0 Å². The highest BCUT2D eigenvalue weighted by atomic mass is 16.6. The van der Waals surface area contributed by atoms with E-state index in [1.54, 1.807) is 27.7 Å². The summed E-state index contributed by atoms with van der Waals surface area (Å²) in [7, 11) is 0. The molecule has 0 amide bonds. The van der Waals surface area contributed by atoms with Crippen molar-refractivity contribution in [3.05, 3.63) is 0 Å². The lowest BCUT2D eigenvalue weighted by Gasteiger charge is -2.17. The highest BCUT2D eigenvalue weighted by molar-refractivity contribution is 5.95. The van der Waals surface area contributed by atoms with E-state index in [0.717, 1.165) is 0 Å². The Hall–Kier alpha value is -1.10. The summed E-state index contributed by atoms with van der Waals surface area (Å²) in [4.78, 5) is 23.1. The highest BCUT2D eigenvalue weighted by Gasteiger charge is 2.30. The third-order valence-electron chi connectivity index (χ3n) is 1.69. The molecule has 0 unspecified atom stereocenters. The summed E-state index contributed by atoms with van der Waals surface area (Å²) < 4.78 is 9.83. The number of aliphatic hydroxyl groups is 1. The van der Waals surface area contributed by atoms with Crippen molar-refractivity contribution in [2.75, 3.05) is 6.61 Å². The predicted molar refractivity (Wildman–Crippen MR) is 57.6 cm³/mol. The third-order valence-corrected chi connectivity index (χ3v) is 1.69. The van der Waals surface area contributed by atoms with Crippen LogP contribution in [0.15, 0.2) is 0 Å². The molecule has 0 heterocycles. The van der Waals surface area contributed by atoms with Crippen LogP contribution in [-0.4, -0.2) is 35.9 Å². The molecule has 0 radical (unpaired) electrons. The van der Waals surface area contributed by atoms with Crippen molar-refractivity contribution in [1.82, 2.24) is 0 Å². The van der Waals surface area contributed by atoms with Crippen LogP contribution in [-0.2, 0) is 19.1 Å². The topological polar surface area (TPSA) is 72.8 Å². The second-order valence-corrected chi connectivity index (χ2v) is 4.04. The maximum Gasteiger partial charge on any atom is 0.320 e. The molecule has 1 N–H and O–H groups in total. The van der Waals surface area contributed by atoms with E-state index in [-0.39, 0.29) is 25.2 Å². The number of carbonyl (C=O) groups is 2. The molecule has 0 spiro atoms. The summed E-state index contributed by atoms with van der Waals surface area (Å²) in [5, 5.41) is 8.79. The molecule has 0 saturated heterocycles. The van der Waals surface area contributed by atoms with Crippen LogP contribution in [0.1, 0.15) is 34.1 Å². The molecule has 0 atom stereocenters. The van der Waals surface area contributed by atoms with Crippen molar-refractivity contribution < 1.29 is 24.2 Å². The molecule has 0 saturated carbocycles. The van der Waals surface area contributed by atoms with Crippen molar-refractivity contribution >= 4 is 11.9 Å². The number of ether oxygens (including phenoxy) is 2. The van der Waals surface area contributed by atoms with E-state index in [4.69, 9.17) is 14.6 Å². The fraction of sp³-hybridized carbons (Fsp3) is 0.818. The maximum absolute atomic E-state index is 11.5. The fourth-order valence-electron chi connectivity index (χ4n) is 1.09. The minimum atomic E-state index is -1.03. The minimum absolute atomic E-state index is 0.0249. The molecule has 0 aliphatic carbocycles. The molecular weight excluding hydrogens is 212 g/mol. The van der Waals surface area contributed by atoms with Gasteiger partial charge in [0.25, 0.3) is 0 Å². The molecule has 0 fully saturated rings. The van der Waals surface area contributed by atoms with Crippen LogP contribution < -0.4 is 0 Å². The Morgan fingerprint density at radius 3 is 1.62 bits per heavy atom. The van der Waals surface area contributed by atoms with Gasteiger partial charge in [0.1, 0.15) is 0 Å². The van der Waals surface area contributed by atoms with Gasteiger partial charge in [-0.25, -0.2) is 0 Å². The summed E-state index contributed by atoms with van der Waals surface area (Å²) in [6.45, 7) is 6.53. The van der Waals surface area contributed by atoms with E-state index >= 15 is 0 Å². The number of aliphatic hydroxyl groups excluding tert-OH is 1. The summed E-state index contributed by atoms with van der Waals surface area (Å²) in [6.07, 6.45) is -0.557. The van der Waals surface area contributed by atoms with Gasteiger partial charge in [0.05, 0.1) is 12.2 Å². The van der Waals surface area contributed by atoms with Crippen molar-refractivity contribution in [3.63, 3.8) is 0 Å². The van der Waals surface area contributed by atoms with E-state index in [0.29, 0.717) is 0 Å². The lowest BCUT2D eigenvalue weighted by molar-refractivity contribution is -0.167. The van der Waals surface area contributed by atoms with E-state index in [1.807, 2.05) is 0 Å². The first-order valence-corrected chi connectivity index (χ1v) is 5.40. The molecule has 0 aliphatic heterocycles. The molecule has 94 valence electrons. The second-order valence-electron chi connectivity index (χ2n) is 4.04. The van der Waals surface area contributed by atoms with Crippen LogP contribution in [0.4, 0.5) is 0 Å². The van der Waals surface area contributed by atoms with Gasteiger partial charge in [-0.15, -0.1) is 0 Å². The third kappa shape index (κ3) is 5.70. The predicted octanol–water partition coefficient (Wildman–Crippen LogP) is 0.888. The van der Waals surface area contributed by atoms with E-state index in [1.165, 1.54) is 0 Å². The average molecular weight is 232 g/mol. The van der Waals surface area contributed by atoms with E-state index < -0.39 is 17.9 Å². The molecule has 16 heavy (non-hydrogen) atoms. The van der Waals surface area contributed by atoms with Crippen LogP contribution in [0, 0.1) is 5.92 Å². The zero-order valence-corrected chi connectivity index (χ0v) is 10.2. The first-order valence-electron chi connectivity index (χ1n) is 5.40. The number of rotatable bonds is 6. The molecule has 0 aliphatic rings. The summed E-state index contributed by atoms with van der Waals surface area (Å²) in [6, 6.07) is 0. The molecule has 0 bridgehead atoms. The monoisotopic (exact) mass is 232 g/mol. The molecule has 0 aromatic carbocycles. The standard InChI is InChI=1S/C11H20O5/c1-7(2)15-10(13)9(5-6-12)11(14)16-8(3)4/h7-9,12H,5-6H2,1-4H3. The molecule has 5 heteroatoms. The highest BCUT2D eigenvalue weighted by Crippen LogP contribution is 2.11. The Kier molecular flexibility index (Phi) is 6.72. The zero-order valence-electron chi connectivity index (χ0n) is 10.2. The van der Waals surface area contributed by atoms with Gasteiger partial charge >= 0.3 is 11.9 Å². The van der Waals surface area contributed by atoms with Crippen molar-refractivity contribution in [2.24, 2.45) is 5.92 Å². The lowest BCUT2D eigenvalue weighted by atomic mass is 10.1. The quantitative estimate of drug-likeness (QED) is 0.544. The van der Waals surface area contributed by atoms with Gasteiger partial charge in [0.15, 0.2) is 5.92 Å². The van der Waals surface area contributed by atoms with Crippen LogP contribution in [0.2, 0.25) is 0 Å². The summed E-state index contributed by atoms with van der Waals surface area (Å²) in [5.41, 5.74) is 0. The zero-order chi connectivity index (χ0) is 12.7. The first-order chi connectivity index (χ1) is 7.38. The molecular formula is C11H20O5. The first kappa shape index (κ1) is 14.9. The second kappa shape index (κ2) is 7.22. The molecule has 5 nitrogen and oxygen atoms in total. The van der Waals surface area contributed by atoms with Crippen molar-refractivity contribution in [2.45, 2.75) is 46.3 Å². The van der Waals surface area contributed by atoms with Crippen molar-refractivity contribution in [1.29, 1.82) is 0 Å². The Labute approximate surface area is 95.7 Å². The number of esters is 2. The molecule has 0 rings (SSSR count). The number of hydrogen-bond donors (Lipinski definition) is 1. The van der Waals surface area contributed by atoms with Gasteiger partial charge in [-0.2, -0.15) is 0 Å². The van der Waals surface area contributed by atoms with Crippen molar-refractivity contribution in [3.8, 4) is 0 Å². The molecule has 0 aromatic heterocycles. The Balaban J connectivity index is 4.46. The smallest absolute Gasteiger partial charge is 0.320 e. The van der Waals surface area contributed by atoms with Crippen LogP contribution in [0.3, 0.4) is 0 Å². The Bertz CT molecular complexity index is 213. The maximum atomic E-state index is 11.5. The summed E-state index contributed by atoms with van der Waals surface area (Å²) in [5.74, 6) is -2.32. The van der Waals surface area contributed by atoms with Gasteiger partial charge in [-0.1, -0.05) is 0 Å². The SMILES string of the molecule is CC(C)OC(=O)C(CCO)C(=O)OC(C)C. The number of hydrogen-bond acceptors (Lipinski definition) is 5. The number of carbonyl (C=O) groups excluding carboxylic acids is 2. The van der Waals surface area contributed by atoms with Gasteiger partial charge in [-0.05, 0) is 34.1 Å². The Morgan fingerprint density at radius 1 is 1.00 bits per heavy atom. The molecule has 0 aromatic rings. The van der Waals surface area contributed by atoms with Crippen LogP contribution in [0.25, 0.3) is 0 Å². The van der Waals surface area contributed by atoms with Crippen LogP contribution in [0.5, 0.6) is 0 Å². The largest absolute Gasteiger partial charge is 0.462 e. The lowest BCUT2D eigenvalue weighted by Crippen LogP contribution is -2.31. The van der Waals surface area contributed by atoms with Gasteiger partial charge in [0.2, 0.25) is 0 Å².